The van der Waals surface area contributed by atoms with Gasteiger partial charge in [0.25, 0.3) is 0 Å². The first-order valence-corrected chi connectivity index (χ1v) is 12.4. The van der Waals surface area contributed by atoms with Crippen LogP contribution in [0.2, 0.25) is 0 Å². The number of hydrogen-bond donors (Lipinski definition) is 0. The Kier molecular flexibility index (Phi) is 7.20. The van der Waals surface area contributed by atoms with Crippen LogP contribution in [-0.2, 0) is 20.6 Å². The van der Waals surface area contributed by atoms with E-state index in [9.17, 15) is 13.2 Å². The highest BCUT2D eigenvalue weighted by Crippen LogP contribution is 2.25. The van der Waals surface area contributed by atoms with Gasteiger partial charge in [0.05, 0.1) is 10.6 Å². The molecular weight excluding hydrogens is 460 g/mol. The lowest BCUT2D eigenvalue weighted by Crippen LogP contribution is -2.51. The molecule has 5 nitrogen and oxygen atoms in total. The molecule has 1 aliphatic heterocycles. The number of hydrogen-bond acceptors (Lipinski definition) is 4. The molecule has 1 aliphatic rings. The van der Waals surface area contributed by atoms with E-state index in [4.69, 9.17) is 0 Å². The fraction of sp³-hybridized carbons (Fsp3) is 0.350. The van der Waals surface area contributed by atoms with E-state index in [1.807, 2.05) is 6.07 Å². The Bertz CT molecular complexity index is 942. The number of sulfonamides is 1. The molecule has 0 aliphatic carbocycles. The van der Waals surface area contributed by atoms with E-state index in [2.05, 4.69) is 41.1 Å². The largest absolute Gasteiger partial charge is 0.339 e. The van der Waals surface area contributed by atoms with Gasteiger partial charge in [0.2, 0.25) is 15.9 Å². The van der Waals surface area contributed by atoms with Crippen molar-refractivity contribution in [1.29, 1.82) is 0 Å². The van der Waals surface area contributed by atoms with Crippen molar-refractivity contribution in [3.8, 4) is 0 Å². The SMILES string of the molecule is Cc1cccc(CSCC(=O)N2CCN(S(=O)(=O)c3ccccc3Br)CC2)c1. The molecule has 3 rings (SSSR count). The van der Waals surface area contributed by atoms with Crippen LogP contribution >= 0.6 is 27.7 Å². The van der Waals surface area contributed by atoms with Crippen LogP contribution in [0.4, 0.5) is 0 Å². The minimum Gasteiger partial charge on any atom is -0.339 e. The minimum absolute atomic E-state index is 0.0654. The first-order chi connectivity index (χ1) is 13.4. The van der Waals surface area contributed by atoms with E-state index in [1.165, 1.54) is 15.4 Å². The maximum Gasteiger partial charge on any atom is 0.244 e. The van der Waals surface area contributed by atoms with Crippen LogP contribution in [0.15, 0.2) is 57.9 Å². The molecule has 150 valence electrons. The summed E-state index contributed by atoms with van der Waals surface area (Å²) in [4.78, 5) is 14.5. The summed E-state index contributed by atoms with van der Waals surface area (Å²) in [5, 5.41) is 0. The van der Waals surface area contributed by atoms with Gasteiger partial charge in [-0.15, -0.1) is 11.8 Å². The zero-order chi connectivity index (χ0) is 20.1. The van der Waals surface area contributed by atoms with Gasteiger partial charge >= 0.3 is 0 Å². The Morgan fingerprint density at radius 3 is 2.46 bits per heavy atom. The zero-order valence-corrected chi connectivity index (χ0v) is 18.9. The highest BCUT2D eigenvalue weighted by atomic mass is 79.9. The average Bonchev–Trinajstić information content (AvgIpc) is 2.68. The van der Waals surface area contributed by atoms with Gasteiger partial charge in [0, 0.05) is 36.4 Å². The van der Waals surface area contributed by atoms with Crippen molar-refractivity contribution < 1.29 is 13.2 Å². The van der Waals surface area contributed by atoms with Crippen LogP contribution in [0.3, 0.4) is 0 Å². The summed E-state index contributed by atoms with van der Waals surface area (Å²) >= 11 is 4.91. The van der Waals surface area contributed by atoms with Gasteiger partial charge in [-0.1, -0.05) is 42.0 Å². The highest BCUT2D eigenvalue weighted by molar-refractivity contribution is 9.10. The lowest BCUT2D eigenvalue weighted by molar-refractivity contribution is -0.129. The molecule has 1 heterocycles. The predicted molar refractivity (Wildman–Crippen MR) is 117 cm³/mol. The maximum atomic E-state index is 12.8. The van der Waals surface area contributed by atoms with Gasteiger partial charge in [-0.25, -0.2) is 8.42 Å². The summed E-state index contributed by atoms with van der Waals surface area (Å²) in [7, 11) is -3.56. The number of piperazine rings is 1. The summed E-state index contributed by atoms with van der Waals surface area (Å²) in [5.74, 6) is 1.27. The lowest BCUT2D eigenvalue weighted by atomic mass is 10.2. The molecule has 0 spiro atoms. The molecule has 0 bridgehead atoms. The molecule has 2 aromatic rings. The van der Waals surface area contributed by atoms with E-state index in [1.54, 1.807) is 40.9 Å². The molecule has 0 aromatic heterocycles. The van der Waals surface area contributed by atoms with Crippen molar-refractivity contribution >= 4 is 43.6 Å². The fourth-order valence-corrected chi connectivity index (χ4v) is 6.38. The number of amides is 1. The average molecular weight is 483 g/mol. The molecule has 1 saturated heterocycles. The summed E-state index contributed by atoms with van der Waals surface area (Å²) in [5.41, 5.74) is 2.42. The number of halogens is 1. The molecule has 0 N–H and O–H groups in total. The van der Waals surface area contributed by atoms with Gasteiger partial charge in [0.15, 0.2) is 0 Å². The zero-order valence-electron chi connectivity index (χ0n) is 15.7. The Morgan fingerprint density at radius 1 is 1.07 bits per heavy atom. The topological polar surface area (TPSA) is 57.7 Å². The summed E-state index contributed by atoms with van der Waals surface area (Å²) in [6.45, 7) is 3.54. The Morgan fingerprint density at radius 2 is 1.79 bits per heavy atom. The second-order valence-electron chi connectivity index (χ2n) is 6.70. The Balaban J connectivity index is 1.50. The number of nitrogens with zero attached hydrogens (tertiary/aromatic N) is 2. The van der Waals surface area contributed by atoms with Crippen molar-refractivity contribution in [2.45, 2.75) is 17.6 Å². The van der Waals surface area contributed by atoms with E-state index in [0.717, 1.165) is 5.75 Å². The number of rotatable bonds is 6. The lowest BCUT2D eigenvalue weighted by Gasteiger charge is -2.34. The minimum atomic E-state index is -3.56. The molecule has 1 fully saturated rings. The van der Waals surface area contributed by atoms with Crippen molar-refractivity contribution in [2.24, 2.45) is 0 Å². The van der Waals surface area contributed by atoms with Crippen molar-refractivity contribution in [1.82, 2.24) is 9.21 Å². The number of carbonyl (C=O) groups excluding carboxylic acids is 1. The van der Waals surface area contributed by atoms with Crippen molar-refractivity contribution in [3.05, 3.63) is 64.1 Å². The Labute approximate surface area is 179 Å². The highest BCUT2D eigenvalue weighted by Gasteiger charge is 2.31. The molecule has 0 unspecified atom stereocenters. The third-order valence-corrected chi connectivity index (χ3v) is 8.52. The molecule has 0 radical (unpaired) electrons. The van der Waals surface area contributed by atoms with E-state index < -0.39 is 10.0 Å². The smallest absolute Gasteiger partial charge is 0.244 e. The van der Waals surface area contributed by atoms with Gasteiger partial charge < -0.3 is 4.90 Å². The molecule has 28 heavy (non-hydrogen) atoms. The van der Waals surface area contributed by atoms with Gasteiger partial charge in [-0.3, -0.25) is 4.79 Å². The van der Waals surface area contributed by atoms with Crippen LogP contribution in [0, 0.1) is 6.92 Å². The molecule has 0 saturated carbocycles. The first-order valence-electron chi connectivity index (χ1n) is 9.03. The van der Waals surface area contributed by atoms with Crippen LogP contribution in [-0.4, -0.2) is 55.5 Å². The number of carbonyl (C=O) groups is 1. The summed E-state index contributed by atoms with van der Waals surface area (Å²) in [6.07, 6.45) is 0. The second-order valence-corrected chi connectivity index (χ2v) is 10.4. The van der Waals surface area contributed by atoms with Crippen LogP contribution < -0.4 is 0 Å². The fourth-order valence-electron chi connectivity index (χ4n) is 3.12. The van der Waals surface area contributed by atoms with Gasteiger partial charge in [-0.05, 0) is 40.5 Å². The van der Waals surface area contributed by atoms with E-state index >= 15 is 0 Å². The summed E-state index contributed by atoms with van der Waals surface area (Å²) in [6, 6.07) is 15.1. The standard InChI is InChI=1S/C20H23BrN2O3S2/c1-16-5-4-6-17(13-16)14-27-15-20(24)22-9-11-23(12-10-22)28(25,26)19-8-3-2-7-18(19)21/h2-8,13H,9-12,14-15H2,1H3. The molecule has 8 heteroatoms. The molecular formula is C20H23BrN2O3S2. The number of thioether (sulfide) groups is 1. The van der Waals surface area contributed by atoms with Crippen molar-refractivity contribution in [3.63, 3.8) is 0 Å². The van der Waals surface area contributed by atoms with Gasteiger partial charge in [0.1, 0.15) is 0 Å². The monoisotopic (exact) mass is 482 g/mol. The van der Waals surface area contributed by atoms with Crippen LogP contribution in [0.25, 0.3) is 0 Å². The predicted octanol–water partition coefficient (Wildman–Crippen LogP) is 3.52. The first kappa shape index (κ1) is 21.4. The van der Waals surface area contributed by atoms with E-state index in [-0.39, 0.29) is 10.8 Å². The number of aryl methyl sites for hydroxylation is 1. The second kappa shape index (κ2) is 9.43. The Hall–Kier alpha value is -1.35. The molecule has 2 aromatic carbocycles. The van der Waals surface area contributed by atoms with Crippen molar-refractivity contribution in [2.75, 3.05) is 31.9 Å². The van der Waals surface area contributed by atoms with Gasteiger partial charge in [-0.2, -0.15) is 4.31 Å². The normalized spacial score (nSPS) is 15.6. The number of benzene rings is 2. The molecule has 1 amide bonds. The van der Waals surface area contributed by atoms with Crippen LogP contribution in [0.5, 0.6) is 0 Å². The van der Waals surface area contributed by atoms with E-state index in [0.29, 0.717) is 36.4 Å². The van der Waals surface area contributed by atoms with Crippen LogP contribution in [0.1, 0.15) is 11.1 Å². The summed E-state index contributed by atoms with van der Waals surface area (Å²) < 4.78 is 27.7. The molecule has 0 atom stereocenters. The third kappa shape index (κ3) is 5.17. The maximum absolute atomic E-state index is 12.8. The third-order valence-electron chi connectivity index (χ3n) is 4.62. The quantitative estimate of drug-likeness (QED) is 0.631.